The van der Waals surface area contributed by atoms with E-state index < -0.39 is 0 Å². The highest BCUT2D eigenvalue weighted by molar-refractivity contribution is 6.10. The Labute approximate surface area is 377 Å². The molecule has 304 valence electrons. The summed E-state index contributed by atoms with van der Waals surface area (Å²) in [4.78, 5) is 15.7. The Morgan fingerprint density at radius 1 is 0.231 bits per heavy atom. The van der Waals surface area contributed by atoms with Gasteiger partial charge in [0.2, 0.25) is 0 Å². The van der Waals surface area contributed by atoms with Crippen molar-refractivity contribution in [3.63, 3.8) is 0 Å². The van der Waals surface area contributed by atoms with E-state index >= 15 is 0 Å². The van der Waals surface area contributed by atoms with Gasteiger partial charge in [0.1, 0.15) is 0 Å². The van der Waals surface area contributed by atoms with Crippen molar-refractivity contribution in [2.24, 2.45) is 0 Å². The van der Waals surface area contributed by atoms with Gasteiger partial charge in [-0.2, -0.15) is 0 Å². The second-order valence-electron chi connectivity index (χ2n) is 16.4. The van der Waals surface area contributed by atoms with Crippen molar-refractivity contribution in [3.8, 4) is 84.4 Å². The summed E-state index contributed by atoms with van der Waals surface area (Å²) in [7, 11) is 0. The van der Waals surface area contributed by atoms with Crippen molar-refractivity contribution in [2.75, 3.05) is 0 Å². The maximum absolute atomic E-state index is 5.26. The Morgan fingerprint density at radius 2 is 0.646 bits per heavy atom. The van der Waals surface area contributed by atoms with Gasteiger partial charge in [-0.3, -0.25) is 0 Å². The van der Waals surface area contributed by atoms with Gasteiger partial charge in [0, 0.05) is 33.0 Å². The molecule has 0 unspecified atom stereocenters. The minimum Gasteiger partial charge on any atom is -0.309 e. The van der Waals surface area contributed by atoms with E-state index in [0.29, 0.717) is 17.5 Å². The summed E-state index contributed by atoms with van der Waals surface area (Å²) in [6, 6.07) is 85.9. The minimum absolute atomic E-state index is 0.623. The molecule has 4 heteroatoms. The van der Waals surface area contributed by atoms with Crippen LogP contribution in [0.2, 0.25) is 0 Å². The van der Waals surface area contributed by atoms with Gasteiger partial charge in [0.05, 0.1) is 16.7 Å². The lowest BCUT2D eigenvalue weighted by atomic mass is 9.92. The lowest BCUT2D eigenvalue weighted by Gasteiger charge is -2.16. The summed E-state index contributed by atoms with van der Waals surface area (Å²) in [6.45, 7) is 0. The van der Waals surface area contributed by atoms with Gasteiger partial charge in [0.15, 0.2) is 17.5 Å². The highest BCUT2D eigenvalue weighted by atomic mass is 15.0. The van der Waals surface area contributed by atoms with Gasteiger partial charge in [-0.05, 0) is 86.1 Å². The summed E-state index contributed by atoms with van der Waals surface area (Å²) >= 11 is 0. The molecule has 4 nitrogen and oxygen atoms in total. The molecule has 2 aromatic heterocycles. The molecule has 0 saturated carbocycles. The van der Waals surface area contributed by atoms with Crippen LogP contribution in [-0.2, 0) is 0 Å². The Kier molecular flexibility index (Phi) is 9.46. The molecule has 0 radical (unpaired) electrons. The van der Waals surface area contributed by atoms with E-state index in [0.717, 1.165) is 66.5 Å². The van der Waals surface area contributed by atoms with Gasteiger partial charge in [-0.15, -0.1) is 0 Å². The van der Waals surface area contributed by atoms with Crippen molar-refractivity contribution in [3.05, 3.63) is 243 Å². The van der Waals surface area contributed by atoms with Crippen molar-refractivity contribution in [2.45, 2.75) is 0 Å². The second kappa shape index (κ2) is 16.2. The maximum atomic E-state index is 5.26. The number of nitrogens with zero attached hydrogens (tertiary/aromatic N) is 4. The number of para-hydroxylation sites is 3. The van der Waals surface area contributed by atoms with Crippen LogP contribution >= 0.6 is 0 Å². The fourth-order valence-electron chi connectivity index (χ4n) is 9.36. The number of fused-ring (bicyclic) bond motifs is 4. The minimum atomic E-state index is 0.623. The Bertz CT molecular complexity index is 3650. The van der Waals surface area contributed by atoms with E-state index in [-0.39, 0.29) is 0 Å². The average Bonchev–Trinajstić information content (AvgIpc) is 3.73. The fourth-order valence-corrected chi connectivity index (χ4v) is 9.36. The molecule has 0 N–H and O–H groups in total. The first kappa shape index (κ1) is 38.0. The monoisotopic (exact) mass is 828 g/mol. The standard InChI is InChI=1S/C61H40N4/c1-3-17-41(18-4-1)43-33-35-44(36-34-43)59-62-60(48-24-15-21-45(39-48)42-19-5-2-6-20-42)64-61(63-59)55-38-37-49(51-26-7-8-27-52(51)55)46-22-16-23-47(40-46)50-25-9-12-30-56(50)65-57-31-13-10-28-53(57)54-29-11-14-32-58(54)65/h1-40H. The number of hydrogen-bond acceptors (Lipinski definition) is 3. The molecule has 0 aliphatic carbocycles. The predicted molar refractivity (Wildman–Crippen MR) is 270 cm³/mol. The first-order valence-electron chi connectivity index (χ1n) is 22.0. The SMILES string of the molecule is c1ccc(-c2ccc(-c3nc(-c4cccc(-c5ccccc5)c4)nc(-c4ccc(-c5cccc(-c6ccccc6-n6c7ccccc7c7ccccc76)c5)c5ccccc45)n3)cc2)cc1. The van der Waals surface area contributed by atoms with Gasteiger partial charge in [-0.25, -0.2) is 15.0 Å². The highest BCUT2D eigenvalue weighted by Crippen LogP contribution is 2.40. The zero-order valence-corrected chi connectivity index (χ0v) is 35.4. The predicted octanol–water partition coefficient (Wildman–Crippen LogP) is 15.8. The van der Waals surface area contributed by atoms with Crippen LogP contribution in [0.3, 0.4) is 0 Å². The van der Waals surface area contributed by atoms with Crippen LogP contribution in [0.1, 0.15) is 0 Å². The molecule has 0 saturated heterocycles. The fraction of sp³-hybridized carbons (Fsp3) is 0. The molecular weight excluding hydrogens is 789 g/mol. The van der Waals surface area contributed by atoms with Crippen LogP contribution in [0.5, 0.6) is 0 Å². The first-order valence-corrected chi connectivity index (χ1v) is 22.0. The van der Waals surface area contributed by atoms with Crippen LogP contribution in [0.4, 0.5) is 0 Å². The molecule has 12 aromatic rings. The largest absolute Gasteiger partial charge is 0.309 e. The lowest BCUT2D eigenvalue weighted by Crippen LogP contribution is -2.01. The van der Waals surface area contributed by atoms with Crippen molar-refractivity contribution >= 4 is 32.6 Å². The zero-order valence-electron chi connectivity index (χ0n) is 35.4. The topological polar surface area (TPSA) is 43.6 Å². The summed E-state index contributed by atoms with van der Waals surface area (Å²) < 4.78 is 2.41. The zero-order chi connectivity index (χ0) is 43.1. The van der Waals surface area contributed by atoms with E-state index in [1.807, 2.05) is 12.1 Å². The molecule has 2 heterocycles. The van der Waals surface area contributed by atoms with Crippen LogP contribution in [-0.4, -0.2) is 19.5 Å². The number of rotatable bonds is 8. The van der Waals surface area contributed by atoms with Gasteiger partial charge < -0.3 is 4.57 Å². The van der Waals surface area contributed by atoms with E-state index in [1.165, 1.54) is 32.9 Å². The van der Waals surface area contributed by atoms with Gasteiger partial charge >= 0.3 is 0 Å². The van der Waals surface area contributed by atoms with E-state index in [2.05, 4.69) is 235 Å². The first-order chi connectivity index (χ1) is 32.2. The maximum Gasteiger partial charge on any atom is 0.164 e. The van der Waals surface area contributed by atoms with Crippen LogP contribution in [0, 0.1) is 0 Å². The highest BCUT2D eigenvalue weighted by Gasteiger charge is 2.19. The average molecular weight is 829 g/mol. The molecule has 0 amide bonds. The van der Waals surface area contributed by atoms with Crippen molar-refractivity contribution < 1.29 is 0 Å². The molecule has 0 spiro atoms. The summed E-state index contributed by atoms with van der Waals surface area (Å²) in [5.74, 6) is 1.87. The molecule has 0 aliphatic rings. The Morgan fingerprint density at radius 3 is 1.32 bits per heavy atom. The van der Waals surface area contributed by atoms with E-state index in [1.54, 1.807) is 0 Å². The molecule has 10 aromatic carbocycles. The third-order valence-corrected chi connectivity index (χ3v) is 12.5. The number of hydrogen-bond donors (Lipinski definition) is 0. The second-order valence-corrected chi connectivity index (χ2v) is 16.4. The summed E-state index contributed by atoms with van der Waals surface area (Å²) in [5, 5.41) is 4.69. The van der Waals surface area contributed by atoms with Gasteiger partial charge in [-0.1, -0.05) is 206 Å². The smallest absolute Gasteiger partial charge is 0.164 e. The quantitative estimate of drug-likeness (QED) is 0.153. The third-order valence-electron chi connectivity index (χ3n) is 12.5. The molecule has 0 fully saturated rings. The Hall–Kier alpha value is -8.73. The summed E-state index contributed by atoms with van der Waals surface area (Å²) in [5.41, 5.74) is 15.5. The summed E-state index contributed by atoms with van der Waals surface area (Å²) in [6.07, 6.45) is 0. The molecule has 0 atom stereocenters. The van der Waals surface area contributed by atoms with Gasteiger partial charge in [0.25, 0.3) is 0 Å². The third kappa shape index (κ3) is 6.95. The van der Waals surface area contributed by atoms with E-state index in [9.17, 15) is 0 Å². The molecule has 0 aliphatic heterocycles. The molecule has 12 rings (SSSR count). The number of benzene rings is 10. The van der Waals surface area contributed by atoms with E-state index in [4.69, 9.17) is 15.0 Å². The number of aromatic nitrogens is 4. The Balaban J connectivity index is 0.983. The lowest BCUT2D eigenvalue weighted by molar-refractivity contribution is 1.08. The van der Waals surface area contributed by atoms with Crippen molar-refractivity contribution in [1.29, 1.82) is 0 Å². The molecule has 0 bridgehead atoms. The normalized spacial score (nSPS) is 11.4. The molecular formula is C61H40N4. The van der Waals surface area contributed by atoms with Crippen molar-refractivity contribution in [1.82, 2.24) is 19.5 Å². The molecule has 65 heavy (non-hydrogen) atoms. The van der Waals surface area contributed by atoms with Crippen LogP contribution in [0.15, 0.2) is 243 Å². The van der Waals surface area contributed by atoms with Crippen LogP contribution in [0.25, 0.3) is 117 Å². The van der Waals surface area contributed by atoms with Crippen LogP contribution < -0.4 is 0 Å².